The predicted molar refractivity (Wildman–Crippen MR) is 100 cm³/mol. The molecule has 1 saturated heterocycles. The summed E-state index contributed by atoms with van der Waals surface area (Å²) < 4.78 is 1.93. The molecule has 3 aromatic heterocycles. The van der Waals surface area contributed by atoms with Gasteiger partial charge in [0.2, 0.25) is 0 Å². The summed E-state index contributed by atoms with van der Waals surface area (Å²) in [5, 5.41) is 8.90. The molecule has 1 aliphatic heterocycles. The minimum atomic E-state index is 0.656. The fraction of sp³-hybridized carbons (Fsp3) is 0.529. The number of aryl methyl sites for hydroxylation is 1. The highest BCUT2D eigenvalue weighted by molar-refractivity contribution is 7.09. The molecule has 25 heavy (non-hydrogen) atoms. The van der Waals surface area contributed by atoms with Crippen molar-refractivity contribution in [3.63, 3.8) is 0 Å². The van der Waals surface area contributed by atoms with Crippen molar-refractivity contribution in [2.24, 2.45) is 0 Å². The molecule has 0 bridgehead atoms. The Bertz CT molecular complexity index is 848. The van der Waals surface area contributed by atoms with E-state index in [-0.39, 0.29) is 0 Å². The third-order valence-electron chi connectivity index (χ3n) is 4.59. The van der Waals surface area contributed by atoms with Gasteiger partial charge < -0.3 is 9.80 Å². The number of hydrogen-bond donors (Lipinski definition) is 0. The van der Waals surface area contributed by atoms with Crippen LogP contribution in [0, 0.1) is 0 Å². The smallest absolute Gasteiger partial charge is 0.163 e. The van der Waals surface area contributed by atoms with Crippen molar-refractivity contribution in [2.75, 3.05) is 38.1 Å². The van der Waals surface area contributed by atoms with E-state index >= 15 is 0 Å². The van der Waals surface area contributed by atoms with E-state index in [2.05, 4.69) is 44.2 Å². The molecule has 0 spiro atoms. The zero-order chi connectivity index (χ0) is 17.2. The van der Waals surface area contributed by atoms with E-state index in [0.717, 1.165) is 61.6 Å². The number of fused-ring (bicyclic) bond motifs is 1. The molecule has 132 valence electrons. The predicted octanol–water partition coefficient (Wildman–Crippen LogP) is 2.04. The minimum Gasteiger partial charge on any atom is -0.353 e. The Kier molecular flexibility index (Phi) is 4.63. The number of likely N-dealkylation sites (N-methyl/N-ethyl adjacent to an activating group) is 1. The Morgan fingerprint density at radius 1 is 1.16 bits per heavy atom. The summed E-state index contributed by atoms with van der Waals surface area (Å²) in [7, 11) is 2.16. The highest BCUT2D eigenvalue weighted by Gasteiger charge is 2.19. The Morgan fingerprint density at radius 3 is 2.80 bits per heavy atom. The van der Waals surface area contributed by atoms with Crippen LogP contribution in [0.1, 0.15) is 24.0 Å². The Balaban J connectivity index is 1.60. The third-order valence-corrected chi connectivity index (χ3v) is 5.55. The van der Waals surface area contributed by atoms with E-state index in [1.165, 1.54) is 5.01 Å². The zero-order valence-corrected chi connectivity index (χ0v) is 15.5. The Hall–Kier alpha value is -2.06. The van der Waals surface area contributed by atoms with Crippen molar-refractivity contribution in [3.8, 4) is 0 Å². The van der Waals surface area contributed by atoms with Gasteiger partial charge in [0.1, 0.15) is 12.1 Å². The van der Waals surface area contributed by atoms with E-state index in [1.54, 1.807) is 17.7 Å². The second-order valence-corrected chi connectivity index (χ2v) is 7.45. The maximum atomic E-state index is 4.70. The lowest BCUT2D eigenvalue weighted by atomic mass is 10.3. The normalized spacial score (nSPS) is 16.0. The van der Waals surface area contributed by atoms with Crippen LogP contribution in [-0.4, -0.2) is 62.9 Å². The lowest BCUT2D eigenvalue weighted by Crippen LogP contribution is -2.44. The summed E-state index contributed by atoms with van der Waals surface area (Å²) in [6.07, 6.45) is 5.71. The average Bonchev–Trinajstić information content (AvgIpc) is 3.24. The van der Waals surface area contributed by atoms with Crippen LogP contribution in [-0.2, 0) is 13.0 Å². The van der Waals surface area contributed by atoms with Crippen LogP contribution in [0.25, 0.3) is 11.0 Å². The molecule has 3 aromatic rings. The maximum absolute atomic E-state index is 4.70. The molecule has 0 unspecified atom stereocenters. The number of piperazine rings is 1. The Labute approximate surface area is 151 Å². The van der Waals surface area contributed by atoms with Crippen molar-refractivity contribution in [1.82, 2.24) is 29.6 Å². The molecule has 0 amide bonds. The number of thiazole rings is 1. The largest absolute Gasteiger partial charge is 0.353 e. The van der Waals surface area contributed by atoms with Gasteiger partial charge in [0, 0.05) is 31.6 Å². The number of hydrogen-bond acceptors (Lipinski definition) is 7. The van der Waals surface area contributed by atoms with Crippen LogP contribution in [0.3, 0.4) is 0 Å². The minimum absolute atomic E-state index is 0.656. The lowest BCUT2D eigenvalue weighted by Gasteiger charge is -2.33. The monoisotopic (exact) mass is 357 g/mol. The SMILES string of the molecule is CCCc1nc(Cn2ncc3c(N4CCN(C)CC4)ncnc32)cs1. The first kappa shape index (κ1) is 16.4. The molecule has 7 nitrogen and oxygen atoms in total. The van der Waals surface area contributed by atoms with E-state index in [9.17, 15) is 0 Å². The molecular formula is C17H23N7S. The van der Waals surface area contributed by atoms with Crippen LogP contribution < -0.4 is 4.90 Å². The van der Waals surface area contributed by atoms with Gasteiger partial charge in [0.15, 0.2) is 5.65 Å². The van der Waals surface area contributed by atoms with E-state index < -0.39 is 0 Å². The first-order chi connectivity index (χ1) is 12.2. The van der Waals surface area contributed by atoms with Crippen LogP contribution >= 0.6 is 11.3 Å². The summed E-state index contributed by atoms with van der Waals surface area (Å²) in [4.78, 5) is 18.4. The summed E-state index contributed by atoms with van der Waals surface area (Å²) in [5.74, 6) is 0.995. The van der Waals surface area contributed by atoms with Crippen LogP contribution in [0.2, 0.25) is 0 Å². The molecule has 8 heteroatoms. The summed E-state index contributed by atoms with van der Waals surface area (Å²) in [6.45, 7) is 6.92. The Morgan fingerprint density at radius 2 is 2.00 bits per heavy atom. The number of nitrogens with zero attached hydrogens (tertiary/aromatic N) is 7. The maximum Gasteiger partial charge on any atom is 0.163 e. The number of aromatic nitrogens is 5. The van der Waals surface area contributed by atoms with Crippen molar-refractivity contribution in [1.29, 1.82) is 0 Å². The molecule has 0 radical (unpaired) electrons. The second kappa shape index (κ2) is 7.05. The van der Waals surface area contributed by atoms with Crippen molar-refractivity contribution in [3.05, 3.63) is 28.6 Å². The molecule has 4 rings (SSSR count). The molecule has 0 N–H and O–H groups in total. The van der Waals surface area contributed by atoms with Crippen LogP contribution in [0.15, 0.2) is 17.9 Å². The lowest BCUT2D eigenvalue weighted by molar-refractivity contribution is 0.312. The fourth-order valence-electron chi connectivity index (χ4n) is 3.17. The van der Waals surface area contributed by atoms with Crippen molar-refractivity contribution in [2.45, 2.75) is 26.3 Å². The summed E-state index contributed by atoms with van der Waals surface area (Å²) in [5.41, 5.74) is 1.94. The van der Waals surface area contributed by atoms with Gasteiger partial charge in [-0.25, -0.2) is 19.6 Å². The van der Waals surface area contributed by atoms with E-state index in [1.807, 2.05) is 10.9 Å². The van der Waals surface area contributed by atoms with Gasteiger partial charge in [-0.1, -0.05) is 6.92 Å². The van der Waals surface area contributed by atoms with Gasteiger partial charge >= 0.3 is 0 Å². The molecule has 0 saturated carbocycles. The summed E-state index contributed by atoms with van der Waals surface area (Å²) >= 11 is 1.73. The number of anilines is 1. The number of rotatable bonds is 5. The van der Waals surface area contributed by atoms with Crippen LogP contribution in [0.5, 0.6) is 0 Å². The fourth-order valence-corrected chi connectivity index (χ4v) is 4.06. The molecule has 0 aromatic carbocycles. The van der Waals surface area contributed by atoms with E-state index in [4.69, 9.17) is 4.98 Å². The molecule has 4 heterocycles. The summed E-state index contributed by atoms with van der Waals surface area (Å²) in [6, 6.07) is 0. The van der Waals surface area contributed by atoms with Gasteiger partial charge in [0.25, 0.3) is 0 Å². The highest BCUT2D eigenvalue weighted by atomic mass is 32.1. The van der Waals surface area contributed by atoms with Gasteiger partial charge in [-0.05, 0) is 19.9 Å². The topological polar surface area (TPSA) is 63.0 Å². The molecule has 0 aliphatic carbocycles. The van der Waals surface area contributed by atoms with Crippen LogP contribution in [0.4, 0.5) is 5.82 Å². The third kappa shape index (κ3) is 3.36. The van der Waals surface area contributed by atoms with Gasteiger partial charge in [0.05, 0.1) is 28.8 Å². The first-order valence-electron chi connectivity index (χ1n) is 8.78. The first-order valence-corrected chi connectivity index (χ1v) is 9.66. The molecular weight excluding hydrogens is 334 g/mol. The van der Waals surface area contributed by atoms with E-state index in [0.29, 0.717) is 6.54 Å². The van der Waals surface area contributed by atoms with Crippen molar-refractivity contribution >= 4 is 28.2 Å². The molecule has 0 atom stereocenters. The average molecular weight is 357 g/mol. The molecule has 1 fully saturated rings. The van der Waals surface area contributed by atoms with Gasteiger partial charge in [-0.2, -0.15) is 5.10 Å². The highest BCUT2D eigenvalue weighted by Crippen LogP contribution is 2.24. The second-order valence-electron chi connectivity index (χ2n) is 6.51. The zero-order valence-electron chi connectivity index (χ0n) is 14.7. The quantitative estimate of drug-likeness (QED) is 0.696. The van der Waals surface area contributed by atoms with Gasteiger partial charge in [-0.15, -0.1) is 11.3 Å². The van der Waals surface area contributed by atoms with Gasteiger partial charge in [-0.3, -0.25) is 0 Å². The van der Waals surface area contributed by atoms with Crippen molar-refractivity contribution < 1.29 is 0 Å². The standard InChI is InChI=1S/C17H23N7S/c1-3-4-15-21-13(11-25-15)10-24-17-14(9-20-24)16(18-12-19-17)23-7-5-22(2)6-8-23/h9,11-12H,3-8,10H2,1-2H3. The molecule has 1 aliphatic rings.